The normalized spacial score (nSPS) is 26.2. The second kappa shape index (κ2) is 11.2. The lowest BCUT2D eigenvalue weighted by Crippen LogP contribution is -2.32. The van der Waals surface area contributed by atoms with E-state index in [1.807, 2.05) is 18.2 Å². The number of carbonyl (C=O) groups excluding carboxylic acids is 3. The topological polar surface area (TPSA) is 116 Å². The van der Waals surface area contributed by atoms with Gasteiger partial charge in [-0.15, -0.1) is 0 Å². The molecule has 0 radical (unpaired) electrons. The van der Waals surface area contributed by atoms with Crippen LogP contribution in [-0.2, 0) is 33.4 Å². The van der Waals surface area contributed by atoms with Gasteiger partial charge in [0.05, 0.1) is 45.0 Å². The molecule has 0 aromatic carbocycles. The lowest BCUT2D eigenvalue weighted by atomic mass is 9.83. The maximum absolute atomic E-state index is 11.3. The van der Waals surface area contributed by atoms with Crippen LogP contribution >= 0.6 is 0 Å². The number of allylic oxidation sites excluding steroid dienone is 4. The number of methoxy groups -OCH3 is 3. The molecule has 0 aromatic heterocycles. The van der Waals surface area contributed by atoms with E-state index in [9.17, 15) is 19.2 Å². The molecule has 2 aliphatic carbocycles. The standard InChI is InChI=1S/C10H14O4.C9H12O4/c1-13-9(11)7-5-3-4-6-8(7)10(12)14-2;1-13-9(12)7-5-3-2-4-6(7)8(10)11/h3-4,7-8H,5-6H2,1-2H3;2-3,6-7H,4-5H2,1H3,(H,10,11)/t7-,8+;6-,7+/m.1/s1. The second-order valence-corrected chi connectivity index (χ2v) is 6.22. The zero-order valence-corrected chi connectivity index (χ0v) is 15.8. The van der Waals surface area contributed by atoms with Gasteiger partial charge in [0.25, 0.3) is 0 Å². The van der Waals surface area contributed by atoms with Crippen LogP contribution in [0.2, 0.25) is 0 Å². The predicted octanol–water partition coefficient (Wildman–Crippen LogP) is 1.74. The Morgan fingerprint density at radius 2 is 0.889 bits per heavy atom. The Kier molecular flexibility index (Phi) is 9.25. The summed E-state index contributed by atoms with van der Waals surface area (Å²) < 4.78 is 13.8. The molecule has 1 N–H and O–H groups in total. The van der Waals surface area contributed by atoms with Crippen molar-refractivity contribution in [3.8, 4) is 0 Å². The summed E-state index contributed by atoms with van der Waals surface area (Å²) in [6, 6.07) is 0. The van der Waals surface area contributed by atoms with E-state index in [0.717, 1.165) is 0 Å². The van der Waals surface area contributed by atoms with E-state index in [4.69, 9.17) is 5.11 Å². The summed E-state index contributed by atoms with van der Waals surface area (Å²) in [5, 5.41) is 8.81. The van der Waals surface area contributed by atoms with Gasteiger partial charge in [0.1, 0.15) is 0 Å². The first kappa shape index (κ1) is 22.4. The SMILES string of the molecule is COC(=O)[C@H]1CC=CC[C@H]1C(=O)O.COC(=O)[C@H]1CC=CC[C@H]1C(=O)OC. The van der Waals surface area contributed by atoms with E-state index in [1.54, 1.807) is 6.08 Å². The molecule has 0 spiro atoms. The van der Waals surface area contributed by atoms with Crippen molar-refractivity contribution < 1.29 is 38.5 Å². The fourth-order valence-corrected chi connectivity index (χ4v) is 3.14. The van der Waals surface area contributed by atoms with E-state index < -0.39 is 35.6 Å². The van der Waals surface area contributed by atoms with Crippen molar-refractivity contribution in [2.24, 2.45) is 23.7 Å². The van der Waals surface area contributed by atoms with Gasteiger partial charge < -0.3 is 19.3 Å². The van der Waals surface area contributed by atoms with Crippen molar-refractivity contribution >= 4 is 23.9 Å². The molecule has 0 amide bonds. The number of hydrogen-bond acceptors (Lipinski definition) is 7. The van der Waals surface area contributed by atoms with Gasteiger partial charge in [0.15, 0.2) is 0 Å². The van der Waals surface area contributed by atoms with Crippen LogP contribution in [0.4, 0.5) is 0 Å². The highest BCUT2D eigenvalue weighted by molar-refractivity contribution is 5.83. The smallest absolute Gasteiger partial charge is 0.309 e. The molecule has 8 nitrogen and oxygen atoms in total. The minimum Gasteiger partial charge on any atom is -0.481 e. The van der Waals surface area contributed by atoms with Crippen LogP contribution < -0.4 is 0 Å². The summed E-state index contributed by atoms with van der Waals surface area (Å²) in [5.41, 5.74) is 0. The molecule has 0 unspecified atom stereocenters. The third-order valence-corrected chi connectivity index (χ3v) is 4.69. The third kappa shape index (κ3) is 6.23. The van der Waals surface area contributed by atoms with E-state index in [1.165, 1.54) is 21.3 Å². The molecule has 4 atom stereocenters. The molecule has 0 saturated carbocycles. The van der Waals surface area contributed by atoms with Crippen LogP contribution in [-0.4, -0.2) is 50.3 Å². The number of aliphatic carboxylic acids is 1. The quantitative estimate of drug-likeness (QED) is 0.444. The third-order valence-electron chi connectivity index (χ3n) is 4.69. The highest BCUT2D eigenvalue weighted by Crippen LogP contribution is 2.28. The number of hydrogen-bond donors (Lipinski definition) is 1. The summed E-state index contributed by atoms with van der Waals surface area (Å²) in [7, 11) is 3.93. The lowest BCUT2D eigenvalue weighted by Gasteiger charge is -2.23. The average molecular weight is 382 g/mol. The van der Waals surface area contributed by atoms with Gasteiger partial charge in [-0.25, -0.2) is 0 Å². The molecule has 150 valence electrons. The van der Waals surface area contributed by atoms with Gasteiger partial charge in [0, 0.05) is 0 Å². The van der Waals surface area contributed by atoms with Gasteiger partial charge in [-0.3, -0.25) is 19.2 Å². The zero-order chi connectivity index (χ0) is 20.4. The fourth-order valence-electron chi connectivity index (χ4n) is 3.14. The Bertz CT molecular complexity index is 581. The summed E-state index contributed by atoms with van der Waals surface area (Å²) in [5.74, 6) is -3.98. The molecule has 2 aliphatic rings. The van der Waals surface area contributed by atoms with E-state index >= 15 is 0 Å². The van der Waals surface area contributed by atoms with Crippen molar-refractivity contribution in [3.05, 3.63) is 24.3 Å². The molecule has 0 aliphatic heterocycles. The number of carboxylic acids is 1. The van der Waals surface area contributed by atoms with Crippen LogP contribution in [0.15, 0.2) is 24.3 Å². The molecule has 0 aromatic rings. The molecule has 27 heavy (non-hydrogen) atoms. The van der Waals surface area contributed by atoms with Gasteiger partial charge in [0.2, 0.25) is 0 Å². The van der Waals surface area contributed by atoms with E-state index in [-0.39, 0.29) is 11.9 Å². The second-order valence-electron chi connectivity index (χ2n) is 6.22. The highest BCUT2D eigenvalue weighted by atomic mass is 16.5. The van der Waals surface area contributed by atoms with Crippen molar-refractivity contribution in [3.63, 3.8) is 0 Å². The van der Waals surface area contributed by atoms with Gasteiger partial charge in [-0.05, 0) is 25.7 Å². The Hall–Kier alpha value is -2.64. The maximum Gasteiger partial charge on any atom is 0.309 e. The largest absolute Gasteiger partial charge is 0.481 e. The number of rotatable bonds is 4. The van der Waals surface area contributed by atoms with Gasteiger partial charge in [-0.1, -0.05) is 24.3 Å². The summed E-state index contributed by atoms with van der Waals surface area (Å²) >= 11 is 0. The number of carbonyl (C=O) groups is 4. The Balaban J connectivity index is 0.000000271. The van der Waals surface area contributed by atoms with E-state index in [2.05, 4.69) is 14.2 Å². The molecule has 0 saturated heterocycles. The molecular weight excluding hydrogens is 356 g/mol. The maximum atomic E-state index is 11.3. The van der Waals surface area contributed by atoms with Crippen molar-refractivity contribution in [1.82, 2.24) is 0 Å². The number of esters is 3. The molecule has 0 bridgehead atoms. The van der Waals surface area contributed by atoms with Gasteiger partial charge in [-0.2, -0.15) is 0 Å². The number of carboxylic acid groups (broad SMARTS) is 1. The summed E-state index contributed by atoms with van der Waals surface area (Å²) in [6.45, 7) is 0. The average Bonchev–Trinajstić information content (AvgIpc) is 2.72. The summed E-state index contributed by atoms with van der Waals surface area (Å²) in [4.78, 5) is 44.6. The van der Waals surface area contributed by atoms with Crippen LogP contribution in [0, 0.1) is 23.7 Å². The van der Waals surface area contributed by atoms with Crippen LogP contribution in [0.25, 0.3) is 0 Å². The molecule has 2 rings (SSSR count). The fraction of sp³-hybridized carbons (Fsp3) is 0.579. The molecular formula is C19H26O8. The summed E-state index contributed by atoms with van der Waals surface area (Å²) in [6.07, 6.45) is 9.36. The van der Waals surface area contributed by atoms with Crippen molar-refractivity contribution in [2.75, 3.05) is 21.3 Å². The lowest BCUT2D eigenvalue weighted by molar-refractivity contribution is -0.157. The molecule has 0 fully saturated rings. The van der Waals surface area contributed by atoms with Crippen molar-refractivity contribution in [2.45, 2.75) is 25.7 Å². The predicted molar refractivity (Wildman–Crippen MR) is 94.4 cm³/mol. The van der Waals surface area contributed by atoms with Crippen LogP contribution in [0.1, 0.15) is 25.7 Å². The first-order chi connectivity index (χ1) is 12.9. The number of ether oxygens (including phenoxy) is 3. The first-order valence-corrected chi connectivity index (χ1v) is 8.63. The Labute approximate surface area is 158 Å². The van der Waals surface area contributed by atoms with E-state index in [0.29, 0.717) is 25.7 Å². The van der Waals surface area contributed by atoms with Gasteiger partial charge >= 0.3 is 23.9 Å². The molecule has 8 heteroatoms. The van der Waals surface area contributed by atoms with Crippen molar-refractivity contribution in [1.29, 1.82) is 0 Å². The first-order valence-electron chi connectivity index (χ1n) is 8.63. The minimum absolute atomic E-state index is 0.343. The zero-order valence-electron chi connectivity index (χ0n) is 15.8. The highest BCUT2D eigenvalue weighted by Gasteiger charge is 2.35. The van der Waals surface area contributed by atoms with Crippen LogP contribution in [0.5, 0.6) is 0 Å². The minimum atomic E-state index is -0.931. The monoisotopic (exact) mass is 382 g/mol. The Morgan fingerprint density at radius 1 is 0.630 bits per heavy atom. The molecule has 0 heterocycles. The van der Waals surface area contributed by atoms with Crippen LogP contribution in [0.3, 0.4) is 0 Å². The Morgan fingerprint density at radius 3 is 1.15 bits per heavy atom.